The number of hydrogen-bond acceptors (Lipinski definition) is 7. The van der Waals surface area contributed by atoms with Crippen LogP contribution in [0.25, 0.3) is 0 Å². The van der Waals surface area contributed by atoms with E-state index in [-0.39, 0.29) is 43.3 Å². The number of aliphatic hydroxyl groups is 1. The maximum absolute atomic E-state index is 12.8. The summed E-state index contributed by atoms with van der Waals surface area (Å²) < 4.78 is 13.1. The van der Waals surface area contributed by atoms with Crippen LogP contribution >= 0.6 is 0 Å². The normalized spacial score (nSPS) is 22.1. The van der Waals surface area contributed by atoms with Crippen LogP contribution in [0.15, 0.2) is 6.20 Å². The summed E-state index contributed by atoms with van der Waals surface area (Å²) in [7, 11) is 1.66. The van der Waals surface area contributed by atoms with E-state index in [9.17, 15) is 14.7 Å². The van der Waals surface area contributed by atoms with Gasteiger partial charge >= 0.3 is 6.09 Å². The Labute approximate surface area is 178 Å². The van der Waals surface area contributed by atoms with Gasteiger partial charge in [-0.05, 0) is 27.2 Å². The van der Waals surface area contributed by atoms with Crippen LogP contribution in [0.4, 0.5) is 4.79 Å². The summed E-state index contributed by atoms with van der Waals surface area (Å²) in [6, 6.07) is -0.299. The molecule has 30 heavy (non-hydrogen) atoms. The third-order valence-electron chi connectivity index (χ3n) is 5.15. The summed E-state index contributed by atoms with van der Waals surface area (Å²) >= 11 is 0. The summed E-state index contributed by atoms with van der Waals surface area (Å²) in [6.07, 6.45) is 1.81. The Kier molecular flexibility index (Phi) is 9.04. The Balaban J connectivity index is 2.21. The van der Waals surface area contributed by atoms with Crippen molar-refractivity contribution in [2.45, 2.75) is 71.9 Å². The molecule has 1 aliphatic heterocycles. The molecule has 1 aliphatic rings. The first-order valence-corrected chi connectivity index (χ1v) is 10.5. The Morgan fingerprint density at radius 1 is 1.43 bits per heavy atom. The molecule has 1 aromatic rings. The van der Waals surface area contributed by atoms with Crippen LogP contribution in [0.1, 0.15) is 46.2 Å². The summed E-state index contributed by atoms with van der Waals surface area (Å²) in [6.45, 7) is 8.85. The highest BCUT2D eigenvalue weighted by Crippen LogP contribution is 2.18. The fraction of sp³-hybridized carbons (Fsp3) is 0.800. The molecule has 0 aromatic carbocycles. The number of likely N-dealkylation sites (N-methyl/N-ethyl adjacent to an activating group) is 1. The Bertz CT molecular complexity index is 695. The van der Waals surface area contributed by atoms with Crippen molar-refractivity contribution in [3.63, 3.8) is 0 Å². The molecule has 170 valence electrons. The van der Waals surface area contributed by atoms with Crippen molar-refractivity contribution < 1.29 is 24.2 Å². The second kappa shape index (κ2) is 11.3. The molecule has 10 nitrogen and oxygen atoms in total. The zero-order chi connectivity index (χ0) is 22.3. The molecule has 1 N–H and O–H groups in total. The first-order chi connectivity index (χ1) is 14.2. The van der Waals surface area contributed by atoms with Crippen molar-refractivity contribution >= 4 is 12.0 Å². The number of hydrogen-bond donors (Lipinski definition) is 1. The van der Waals surface area contributed by atoms with Crippen LogP contribution in [0.2, 0.25) is 0 Å². The lowest BCUT2D eigenvalue weighted by Crippen LogP contribution is -2.47. The number of aryl methyl sites for hydroxylation is 1. The van der Waals surface area contributed by atoms with Crippen molar-refractivity contribution in [1.82, 2.24) is 24.8 Å². The molecule has 2 amide bonds. The molecule has 2 heterocycles. The third-order valence-corrected chi connectivity index (χ3v) is 5.15. The average Bonchev–Trinajstić information content (AvgIpc) is 3.14. The maximum atomic E-state index is 12.8. The lowest BCUT2D eigenvalue weighted by molar-refractivity contribution is -0.136. The van der Waals surface area contributed by atoms with Gasteiger partial charge in [0.1, 0.15) is 5.69 Å². The smallest absolute Gasteiger partial charge is 0.409 e. The van der Waals surface area contributed by atoms with Crippen molar-refractivity contribution in [1.29, 1.82) is 0 Å². The van der Waals surface area contributed by atoms with Crippen molar-refractivity contribution in [3.05, 3.63) is 11.9 Å². The van der Waals surface area contributed by atoms with Gasteiger partial charge in [-0.1, -0.05) is 12.1 Å². The zero-order valence-corrected chi connectivity index (χ0v) is 18.7. The Morgan fingerprint density at radius 3 is 2.83 bits per heavy atom. The summed E-state index contributed by atoms with van der Waals surface area (Å²) in [5.41, 5.74) is 0.700. The summed E-state index contributed by atoms with van der Waals surface area (Å²) in [5.74, 6) is -0.109. The fourth-order valence-corrected chi connectivity index (χ4v) is 3.33. The van der Waals surface area contributed by atoms with E-state index in [2.05, 4.69) is 10.3 Å². The third kappa shape index (κ3) is 6.94. The first kappa shape index (κ1) is 24.1. The molecule has 1 aromatic heterocycles. The van der Waals surface area contributed by atoms with Crippen LogP contribution in [0.3, 0.4) is 0 Å². The van der Waals surface area contributed by atoms with Crippen LogP contribution in [0, 0.1) is 5.92 Å². The van der Waals surface area contributed by atoms with E-state index in [1.807, 2.05) is 20.0 Å². The van der Waals surface area contributed by atoms with Crippen LogP contribution in [-0.2, 0) is 27.4 Å². The highest BCUT2D eigenvalue weighted by atomic mass is 16.6. The highest BCUT2D eigenvalue weighted by molar-refractivity contribution is 5.76. The number of rotatable bonds is 5. The minimum atomic E-state index is -0.425. The van der Waals surface area contributed by atoms with E-state index in [1.165, 1.54) is 4.90 Å². The number of amides is 2. The number of carbonyl (C=O) groups is 2. The SMILES string of the molecule is CC(C)OC(=O)N(C)C[C@H]1OCc2cn(nn2)CCCC(=O)N([C@@H](C)CO)C[C@@H]1C. The topological polar surface area (TPSA) is 110 Å². The van der Waals surface area contributed by atoms with Gasteiger partial charge in [0.2, 0.25) is 5.91 Å². The summed E-state index contributed by atoms with van der Waals surface area (Å²) in [4.78, 5) is 28.3. The van der Waals surface area contributed by atoms with Gasteiger partial charge in [-0.25, -0.2) is 4.79 Å². The predicted octanol–water partition coefficient (Wildman–Crippen LogP) is 1.28. The van der Waals surface area contributed by atoms with Gasteiger partial charge in [0, 0.05) is 32.5 Å². The molecule has 0 fully saturated rings. The molecule has 0 unspecified atom stereocenters. The minimum Gasteiger partial charge on any atom is -0.447 e. The second-order valence-corrected chi connectivity index (χ2v) is 8.29. The zero-order valence-electron chi connectivity index (χ0n) is 18.7. The number of nitrogens with zero attached hydrogens (tertiary/aromatic N) is 5. The number of aliphatic hydroxyl groups excluding tert-OH is 1. The van der Waals surface area contributed by atoms with E-state index < -0.39 is 6.09 Å². The lowest BCUT2D eigenvalue weighted by atomic mass is 10.0. The number of fused-ring (bicyclic) bond motifs is 2. The van der Waals surface area contributed by atoms with E-state index >= 15 is 0 Å². The van der Waals surface area contributed by atoms with E-state index in [1.54, 1.807) is 30.5 Å². The lowest BCUT2D eigenvalue weighted by Gasteiger charge is -2.35. The van der Waals surface area contributed by atoms with Gasteiger partial charge in [-0.15, -0.1) is 5.10 Å². The number of ether oxygens (including phenoxy) is 2. The molecular formula is C20H35N5O5. The van der Waals surface area contributed by atoms with Gasteiger partial charge in [-0.3, -0.25) is 9.48 Å². The molecule has 0 radical (unpaired) electrons. The predicted molar refractivity (Wildman–Crippen MR) is 110 cm³/mol. The molecule has 2 bridgehead atoms. The molecule has 0 aliphatic carbocycles. The second-order valence-electron chi connectivity index (χ2n) is 8.29. The number of aromatic nitrogens is 3. The number of carbonyl (C=O) groups excluding carboxylic acids is 2. The monoisotopic (exact) mass is 425 g/mol. The van der Waals surface area contributed by atoms with E-state index in [4.69, 9.17) is 9.47 Å². The first-order valence-electron chi connectivity index (χ1n) is 10.5. The molecule has 2 rings (SSSR count). The minimum absolute atomic E-state index is 0.0192. The Morgan fingerprint density at radius 2 is 2.17 bits per heavy atom. The van der Waals surface area contributed by atoms with Gasteiger partial charge in [-0.2, -0.15) is 0 Å². The van der Waals surface area contributed by atoms with E-state index in [0.717, 1.165) is 0 Å². The molecule has 0 saturated carbocycles. The standard InChI is InChI=1S/C20H35N5O5/c1-14(2)30-20(28)23(5)11-18-15(3)9-25(16(4)12-26)19(27)7-6-8-24-10-17(13-29-18)21-22-24/h10,14-16,18,26H,6-9,11-13H2,1-5H3/t15-,16-,18+/m0/s1. The molecule has 0 spiro atoms. The van der Waals surface area contributed by atoms with Gasteiger partial charge in [0.15, 0.2) is 0 Å². The molecule has 0 saturated heterocycles. The average molecular weight is 426 g/mol. The Hall–Kier alpha value is -2.20. The fourth-order valence-electron chi connectivity index (χ4n) is 3.33. The van der Waals surface area contributed by atoms with Crippen molar-refractivity contribution in [3.8, 4) is 0 Å². The molecule has 10 heteroatoms. The van der Waals surface area contributed by atoms with Gasteiger partial charge < -0.3 is 24.4 Å². The van der Waals surface area contributed by atoms with Gasteiger partial charge in [0.25, 0.3) is 0 Å². The van der Waals surface area contributed by atoms with Crippen LogP contribution < -0.4 is 0 Å². The van der Waals surface area contributed by atoms with Crippen molar-refractivity contribution in [2.75, 3.05) is 26.7 Å². The molecule has 3 atom stereocenters. The summed E-state index contributed by atoms with van der Waals surface area (Å²) in [5, 5.41) is 17.9. The maximum Gasteiger partial charge on any atom is 0.409 e. The largest absolute Gasteiger partial charge is 0.447 e. The van der Waals surface area contributed by atoms with Crippen LogP contribution in [0.5, 0.6) is 0 Å². The van der Waals surface area contributed by atoms with Gasteiger partial charge in [0.05, 0.1) is 44.2 Å². The molecular weight excluding hydrogens is 390 g/mol. The quantitative estimate of drug-likeness (QED) is 0.757. The van der Waals surface area contributed by atoms with E-state index in [0.29, 0.717) is 38.2 Å². The highest BCUT2D eigenvalue weighted by Gasteiger charge is 2.29. The van der Waals surface area contributed by atoms with Crippen molar-refractivity contribution in [2.24, 2.45) is 5.92 Å². The van der Waals surface area contributed by atoms with Crippen LogP contribution in [-0.4, -0.2) is 86.9 Å².